The Kier molecular flexibility index (Phi) is 3.02. The van der Waals surface area contributed by atoms with Crippen molar-refractivity contribution in [3.8, 4) is 0 Å². The van der Waals surface area contributed by atoms with Gasteiger partial charge < -0.3 is 0 Å². The van der Waals surface area contributed by atoms with Crippen molar-refractivity contribution in [2.75, 3.05) is 0 Å². The summed E-state index contributed by atoms with van der Waals surface area (Å²) in [6.07, 6.45) is 2.45. The minimum absolute atomic E-state index is 0.0208. The molecule has 1 rings (SSSR count). The Bertz CT molecular complexity index is 249. The highest BCUT2D eigenvalue weighted by molar-refractivity contribution is 7.10. The quantitative estimate of drug-likeness (QED) is 0.502. The minimum atomic E-state index is 0.0208. The van der Waals surface area contributed by atoms with Gasteiger partial charge >= 0.3 is 0 Å². The largest absolute Gasteiger partial charge is 0.235 e. The number of nitrogens with zero attached hydrogens (tertiary/aromatic N) is 1. The summed E-state index contributed by atoms with van der Waals surface area (Å²) in [5.74, 6) is 0. The molecule has 1 heterocycles. The Morgan fingerprint density at radius 3 is 3.09 bits per heavy atom. The Balaban J connectivity index is 2.79. The summed E-state index contributed by atoms with van der Waals surface area (Å²) < 4.78 is 0. The lowest BCUT2D eigenvalue weighted by atomic mass is 10.2. The van der Waals surface area contributed by atoms with Gasteiger partial charge in [0.15, 0.2) is 0 Å². The fourth-order valence-corrected chi connectivity index (χ4v) is 1.75. The first-order valence-corrected chi connectivity index (χ1v) is 4.36. The molecule has 0 aliphatic rings. The summed E-state index contributed by atoms with van der Waals surface area (Å²) in [5.41, 5.74) is 0. The summed E-state index contributed by atoms with van der Waals surface area (Å²) in [6, 6.07) is 3.97. The fourth-order valence-electron chi connectivity index (χ4n) is 0.901. The molecular weight excluding hydrogens is 158 g/mol. The molecule has 2 nitrogen and oxygen atoms in total. The van der Waals surface area contributed by atoms with E-state index in [4.69, 9.17) is 0 Å². The molecule has 0 saturated carbocycles. The Labute approximate surface area is 69.6 Å². The Morgan fingerprint density at radius 2 is 2.64 bits per heavy atom. The highest BCUT2D eigenvalue weighted by Crippen LogP contribution is 2.24. The summed E-state index contributed by atoms with van der Waals surface area (Å²) in [4.78, 5) is 14.8. The zero-order chi connectivity index (χ0) is 8.10. The third kappa shape index (κ3) is 2.00. The Hall–Kier alpha value is -0.920. The number of aliphatic imine (C=N–C) groups is 1. The number of hydrogen-bond acceptors (Lipinski definition) is 3. The van der Waals surface area contributed by atoms with Crippen LogP contribution in [0.25, 0.3) is 0 Å². The van der Waals surface area contributed by atoms with Gasteiger partial charge in [0.25, 0.3) is 0 Å². The second-order valence-electron chi connectivity index (χ2n) is 2.16. The van der Waals surface area contributed by atoms with Gasteiger partial charge in [0.1, 0.15) is 0 Å². The van der Waals surface area contributed by atoms with Crippen molar-refractivity contribution >= 4 is 17.4 Å². The van der Waals surface area contributed by atoms with E-state index in [0.717, 1.165) is 11.3 Å². The van der Waals surface area contributed by atoms with Crippen LogP contribution in [0, 0.1) is 0 Å². The van der Waals surface area contributed by atoms with Crippen LogP contribution in [0.4, 0.5) is 0 Å². The lowest BCUT2D eigenvalue weighted by Gasteiger charge is -2.02. The summed E-state index contributed by atoms with van der Waals surface area (Å²) in [5, 5.41) is 1.98. The normalized spacial score (nSPS) is 12.1. The molecule has 0 fully saturated rings. The molecule has 0 aromatic carbocycles. The maximum absolute atomic E-state index is 9.98. The van der Waals surface area contributed by atoms with Crippen LogP contribution < -0.4 is 0 Å². The maximum Gasteiger partial charge on any atom is 0.235 e. The standard InChI is InChI=1S/C8H9NOS/c1-2-7(9-6-10)8-4-3-5-11-8/h3-5,7H,2H2,1H3. The van der Waals surface area contributed by atoms with E-state index in [0.29, 0.717) is 0 Å². The monoisotopic (exact) mass is 167 g/mol. The molecular formula is C8H9NOS. The lowest BCUT2D eigenvalue weighted by molar-refractivity contribution is 0.556. The molecule has 0 radical (unpaired) electrons. The predicted octanol–water partition coefficient (Wildman–Crippen LogP) is 2.54. The molecule has 0 amide bonds. The molecule has 0 aliphatic heterocycles. The summed E-state index contributed by atoms with van der Waals surface area (Å²) in [7, 11) is 0. The van der Waals surface area contributed by atoms with Crippen molar-refractivity contribution < 1.29 is 4.79 Å². The molecule has 1 aromatic heterocycles. The van der Waals surface area contributed by atoms with Gasteiger partial charge in [0.2, 0.25) is 6.08 Å². The van der Waals surface area contributed by atoms with Crippen LogP contribution in [-0.4, -0.2) is 6.08 Å². The molecule has 1 unspecified atom stereocenters. The van der Waals surface area contributed by atoms with E-state index in [1.54, 1.807) is 17.4 Å². The predicted molar refractivity (Wildman–Crippen MR) is 45.5 cm³/mol. The molecule has 58 valence electrons. The molecule has 3 heteroatoms. The van der Waals surface area contributed by atoms with Gasteiger partial charge in [-0.15, -0.1) is 11.3 Å². The molecule has 0 N–H and O–H groups in total. The number of thiophene rings is 1. The van der Waals surface area contributed by atoms with Gasteiger partial charge in [-0.1, -0.05) is 13.0 Å². The zero-order valence-electron chi connectivity index (χ0n) is 6.28. The van der Waals surface area contributed by atoms with Gasteiger partial charge in [0, 0.05) is 4.88 Å². The van der Waals surface area contributed by atoms with Crippen LogP contribution in [0.5, 0.6) is 0 Å². The van der Waals surface area contributed by atoms with Crippen molar-refractivity contribution in [1.82, 2.24) is 0 Å². The number of hydrogen-bond donors (Lipinski definition) is 0. The maximum atomic E-state index is 9.98. The van der Waals surface area contributed by atoms with Crippen LogP contribution in [-0.2, 0) is 4.79 Å². The van der Waals surface area contributed by atoms with Crippen molar-refractivity contribution in [3.05, 3.63) is 22.4 Å². The highest BCUT2D eigenvalue weighted by atomic mass is 32.1. The second-order valence-corrected chi connectivity index (χ2v) is 3.14. The molecule has 0 spiro atoms. The molecule has 0 aliphatic carbocycles. The van der Waals surface area contributed by atoms with Crippen molar-refractivity contribution in [2.24, 2.45) is 4.99 Å². The van der Waals surface area contributed by atoms with E-state index in [1.807, 2.05) is 24.4 Å². The molecule has 0 bridgehead atoms. The minimum Gasteiger partial charge on any atom is -0.211 e. The molecule has 1 aromatic rings. The number of carbonyl (C=O) groups excluding carboxylic acids is 1. The Morgan fingerprint density at radius 1 is 1.82 bits per heavy atom. The van der Waals surface area contributed by atoms with E-state index in [1.165, 1.54) is 0 Å². The van der Waals surface area contributed by atoms with Crippen LogP contribution in [0.3, 0.4) is 0 Å². The van der Waals surface area contributed by atoms with Crippen molar-refractivity contribution in [3.63, 3.8) is 0 Å². The number of isocyanates is 1. The topological polar surface area (TPSA) is 29.4 Å². The smallest absolute Gasteiger partial charge is 0.211 e. The highest BCUT2D eigenvalue weighted by Gasteiger charge is 2.06. The van der Waals surface area contributed by atoms with Crippen molar-refractivity contribution in [1.29, 1.82) is 0 Å². The molecule has 11 heavy (non-hydrogen) atoms. The van der Waals surface area contributed by atoms with Gasteiger partial charge in [-0.05, 0) is 17.9 Å². The average Bonchev–Trinajstić information content (AvgIpc) is 2.52. The van der Waals surface area contributed by atoms with Crippen LogP contribution in [0.2, 0.25) is 0 Å². The summed E-state index contributed by atoms with van der Waals surface area (Å²) >= 11 is 1.62. The lowest BCUT2D eigenvalue weighted by Crippen LogP contribution is -1.87. The van der Waals surface area contributed by atoms with Crippen LogP contribution in [0.15, 0.2) is 22.5 Å². The van der Waals surface area contributed by atoms with Gasteiger partial charge in [-0.3, -0.25) is 0 Å². The second kappa shape index (κ2) is 4.06. The van der Waals surface area contributed by atoms with Gasteiger partial charge in [0.05, 0.1) is 6.04 Å². The first kappa shape index (κ1) is 8.18. The third-order valence-corrected chi connectivity index (χ3v) is 2.44. The van der Waals surface area contributed by atoms with Gasteiger partial charge in [-0.25, -0.2) is 4.79 Å². The fraction of sp³-hybridized carbons (Fsp3) is 0.375. The molecule has 0 saturated heterocycles. The van der Waals surface area contributed by atoms with E-state index >= 15 is 0 Å². The van der Waals surface area contributed by atoms with Crippen LogP contribution in [0.1, 0.15) is 24.3 Å². The SMILES string of the molecule is CCC(N=C=O)c1cccs1. The van der Waals surface area contributed by atoms with E-state index < -0.39 is 0 Å². The third-order valence-electron chi connectivity index (χ3n) is 1.47. The number of rotatable bonds is 3. The van der Waals surface area contributed by atoms with Gasteiger partial charge in [-0.2, -0.15) is 4.99 Å². The zero-order valence-corrected chi connectivity index (χ0v) is 7.10. The van der Waals surface area contributed by atoms with E-state index in [9.17, 15) is 4.79 Å². The van der Waals surface area contributed by atoms with Crippen LogP contribution >= 0.6 is 11.3 Å². The van der Waals surface area contributed by atoms with E-state index in [2.05, 4.69) is 4.99 Å². The average molecular weight is 167 g/mol. The van der Waals surface area contributed by atoms with Crippen molar-refractivity contribution in [2.45, 2.75) is 19.4 Å². The first-order valence-electron chi connectivity index (χ1n) is 3.49. The summed E-state index contributed by atoms with van der Waals surface area (Å²) in [6.45, 7) is 2.01. The molecule has 1 atom stereocenters. The van der Waals surface area contributed by atoms with E-state index in [-0.39, 0.29) is 6.04 Å². The first-order chi connectivity index (χ1) is 5.38.